The summed E-state index contributed by atoms with van der Waals surface area (Å²) in [5.74, 6) is -0.130. The maximum Gasteiger partial charge on any atom is 0.433 e. The minimum Gasteiger partial charge on any atom is -0.374 e. The fourth-order valence-corrected chi connectivity index (χ4v) is 11.2. The number of pyridine rings is 1. The van der Waals surface area contributed by atoms with Crippen molar-refractivity contribution < 1.29 is 32.3 Å². The molecule has 3 amide bonds. The summed E-state index contributed by atoms with van der Waals surface area (Å²) in [5.41, 5.74) is 3.17. The Morgan fingerprint density at radius 3 is 2.48 bits per heavy atom. The second-order valence-electron chi connectivity index (χ2n) is 18.7. The minimum absolute atomic E-state index is 0.0988. The Labute approximate surface area is 368 Å². The topological polar surface area (TPSA) is 149 Å². The van der Waals surface area contributed by atoms with Gasteiger partial charge in [-0.25, -0.2) is 9.78 Å². The molecule has 2 bridgehead atoms. The molecule has 338 valence electrons. The third-order valence-corrected chi connectivity index (χ3v) is 14.6. The molecular formula is C47H54F3N9O5. The third kappa shape index (κ3) is 8.32. The van der Waals surface area contributed by atoms with E-state index >= 15 is 0 Å². The molecule has 5 aliphatic rings. The van der Waals surface area contributed by atoms with Crippen LogP contribution in [0.3, 0.4) is 0 Å². The van der Waals surface area contributed by atoms with Crippen LogP contribution in [0.2, 0.25) is 0 Å². The van der Waals surface area contributed by atoms with E-state index < -0.39 is 29.7 Å². The molecule has 7 heterocycles. The summed E-state index contributed by atoms with van der Waals surface area (Å²) in [6.45, 7) is 4.55. The quantitative estimate of drug-likeness (QED) is 0.137. The first kappa shape index (κ1) is 42.4. The van der Waals surface area contributed by atoms with E-state index in [2.05, 4.69) is 36.2 Å². The first-order chi connectivity index (χ1) is 30.9. The summed E-state index contributed by atoms with van der Waals surface area (Å²) < 4.78 is 51.4. The third-order valence-electron chi connectivity index (χ3n) is 14.6. The lowest BCUT2D eigenvalue weighted by Crippen LogP contribution is -2.44. The number of fused-ring (bicyclic) bond motifs is 4. The van der Waals surface area contributed by atoms with E-state index in [1.807, 2.05) is 30.5 Å². The summed E-state index contributed by atoms with van der Waals surface area (Å²) in [7, 11) is 1.76. The number of imide groups is 1. The van der Waals surface area contributed by atoms with Crippen molar-refractivity contribution in [3.05, 3.63) is 82.2 Å². The van der Waals surface area contributed by atoms with Gasteiger partial charge in [-0.2, -0.15) is 18.3 Å². The predicted octanol–water partition coefficient (Wildman–Crippen LogP) is 6.78. The maximum atomic E-state index is 13.4. The molecule has 4 aliphatic heterocycles. The van der Waals surface area contributed by atoms with Gasteiger partial charge in [-0.15, -0.1) is 0 Å². The van der Waals surface area contributed by atoms with Crippen LogP contribution in [0.5, 0.6) is 0 Å². The van der Waals surface area contributed by atoms with Crippen molar-refractivity contribution in [2.24, 2.45) is 18.9 Å². The van der Waals surface area contributed by atoms with Gasteiger partial charge in [0.05, 0.1) is 52.7 Å². The number of hydrogen-bond donors (Lipinski definition) is 2. The van der Waals surface area contributed by atoms with Gasteiger partial charge in [0.1, 0.15) is 17.4 Å². The van der Waals surface area contributed by atoms with E-state index in [1.165, 1.54) is 25.0 Å². The van der Waals surface area contributed by atoms with Gasteiger partial charge in [0, 0.05) is 38.1 Å². The fraction of sp³-hybridized carbons (Fsp3) is 0.532. The second kappa shape index (κ2) is 17.1. The average Bonchev–Trinajstić information content (AvgIpc) is 4.08. The highest BCUT2D eigenvalue weighted by Gasteiger charge is 2.41. The number of nitrogens with one attached hydrogen (secondary N) is 2. The number of hydrogen-bond acceptors (Lipinski definition) is 9. The lowest BCUT2D eigenvalue weighted by atomic mass is 9.84. The maximum absolute atomic E-state index is 13.4. The van der Waals surface area contributed by atoms with Crippen molar-refractivity contribution in [2.45, 2.75) is 107 Å². The van der Waals surface area contributed by atoms with Crippen molar-refractivity contribution in [3.63, 3.8) is 0 Å². The van der Waals surface area contributed by atoms with Crippen molar-refractivity contribution in [2.75, 3.05) is 43.0 Å². The largest absolute Gasteiger partial charge is 0.433 e. The molecule has 14 nitrogen and oxygen atoms in total. The average molecular weight is 882 g/mol. The number of carbonyl (C=O) groups is 3. The van der Waals surface area contributed by atoms with Gasteiger partial charge in [-0.3, -0.25) is 33.5 Å². The van der Waals surface area contributed by atoms with Gasteiger partial charge < -0.3 is 19.9 Å². The fourth-order valence-electron chi connectivity index (χ4n) is 11.2. The van der Waals surface area contributed by atoms with Crippen molar-refractivity contribution in [1.82, 2.24) is 34.1 Å². The Bertz CT molecular complexity index is 2660. The Kier molecular flexibility index (Phi) is 11.3. The zero-order valence-electron chi connectivity index (χ0n) is 36.0. The molecule has 17 heteroatoms. The number of anilines is 2. The Balaban J connectivity index is 0.728. The van der Waals surface area contributed by atoms with Crippen LogP contribution < -0.4 is 21.2 Å². The normalized spacial score (nSPS) is 24.6. The molecular weight excluding hydrogens is 828 g/mol. The Hall–Kier alpha value is -5.55. The van der Waals surface area contributed by atoms with E-state index in [0.717, 1.165) is 110 Å². The highest BCUT2D eigenvalue weighted by Crippen LogP contribution is 2.41. The monoisotopic (exact) mass is 881 g/mol. The van der Waals surface area contributed by atoms with E-state index in [-0.39, 0.29) is 41.9 Å². The zero-order chi connectivity index (χ0) is 44.3. The van der Waals surface area contributed by atoms with Gasteiger partial charge in [0.25, 0.3) is 5.91 Å². The smallest absolute Gasteiger partial charge is 0.374 e. The summed E-state index contributed by atoms with van der Waals surface area (Å²) in [6.07, 6.45) is 8.54. The molecule has 0 spiro atoms. The van der Waals surface area contributed by atoms with Crippen LogP contribution >= 0.6 is 0 Å². The van der Waals surface area contributed by atoms with Crippen molar-refractivity contribution in [1.29, 1.82) is 0 Å². The van der Waals surface area contributed by atoms with E-state index in [9.17, 15) is 32.3 Å². The molecule has 64 heavy (non-hydrogen) atoms. The highest BCUT2D eigenvalue weighted by atomic mass is 19.4. The molecule has 0 radical (unpaired) electrons. The number of amides is 3. The number of nitrogens with zero attached hydrogens (tertiary/aromatic N) is 7. The summed E-state index contributed by atoms with van der Waals surface area (Å²) in [6, 6.07) is 12.9. The first-order valence-electron chi connectivity index (χ1n) is 22.9. The molecule has 1 aliphatic carbocycles. The van der Waals surface area contributed by atoms with Gasteiger partial charge in [0.2, 0.25) is 11.8 Å². The standard InChI is InChI=1S/C47H54F3N9O5/c1-55-43-30(7-3-9-38(43)59(46(55)63)39-15-16-42(60)53-45(39)62)6-2-5-28-17-19-56(20-18-28)24-29-11-13-32(14-12-29)58-25-31-21-37(52-44(61)35-8-4-10-41(51-35)47(48,49)50)40(23-36(31)54-58)57-26-34-22-33(57)27-64-34/h3-4,7-10,21,23,25,28-29,32-34,39H,2,5-6,11-20,22,24,26-27H2,1H3,(H,52,61)(H,53,60,62)/t29-,32-,33-,34-,39?/m0/s1. The molecule has 2 aromatic carbocycles. The second-order valence-corrected chi connectivity index (χ2v) is 18.7. The molecule has 5 aromatic rings. The van der Waals surface area contributed by atoms with E-state index in [1.54, 1.807) is 16.2 Å². The highest BCUT2D eigenvalue weighted by molar-refractivity contribution is 6.06. The van der Waals surface area contributed by atoms with E-state index in [4.69, 9.17) is 9.84 Å². The van der Waals surface area contributed by atoms with Crippen LogP contribution in [0, 0.1) is 11.8 Å². The predicted molar refractivity (Wildman–Crippen MR) is 234 cm³/mol. The number of halogens is 3. The number of morpholine rings is 1. The summed E-state index contributed by atoms with van der Waals surface area (Å²) in [4.78, 5) is 59.6. The van der Waals surface area contributed by atoms with Crippen LogP contribution in [0.15, 0.2) is 59.5 Å². The minimum atomic E-state index is -4.66. The number of piperidine rings is 2. The SMILES string of the molecule is Cn1c(=O)n(C2CCC(=O)NC2=O)c2cccc(CCCC3CCN(C[C@H]4CC[C@H](n5cc6cc(NC(=O)c7cccc(C(F)(F)F)n7)c(N7C[C@@H]8C[C@H]7CO8)cc6n5)CC4)CC3)c21. The number of alkyl halides is 3. The molecule has 10 rings (SSSR count). The van der Waals surface area contributed by atoms with Crippen LogP contribution in [0.4, 0.5) is 24.5 Å². The van der Waals surface area contributed by atoms with Crippen LogP contribution in [-0.4, -0.2) is 91.5 Å². The Morgan fingerprint density at radius 1 is 0.953 bits per heavy atom. The van der Waals surface area contributed by atoms with Crippen molar-refractivity contribution in [3.8, 4) is 0 Å². The summed E-state index contributed by atoms with van der Waals surface area (Å²) >= 11 is 0. The van der Waals surface area contributed by atoms with Gasteiger partial charge in [-0.05, 0) is 125 Å². The lowest BCUT2D eigenvalue weighted by molar-refractivity contribution is -0.141. The molecule has 4 saturated heterocycles. The molecule has 3 atom stereocenters. The summed E-state index contributed by atoms with van der Waals surface area (Å²) in [5, 5.41) is 11.2. The van der Waals surface area contributed by atoms with E-state index in [0.29, 0.717) is 37.1 Å². The molecule has 3 aromatic heterocycles. The number of rotatable bonds is 11. The number of benzene rings is 2. The number of likely N-dealkylation sites (tertiary alicyclic amines) is 1. The van der Waals surface area contributed by atoms with Gasteiger partial charge >= 0.3 is 11.9 Å². The number of imidazole rings is 1. The number of ether oxygens (including phenoxy) is 1. The number of para-hydroxylation sites is 1. The van der Waals surface area contributed by atoms with Gasteiger partial charge in [0.15, 0.2) is 0 Å². The molecule has 1 unspecified atom stereocenters. The number of carbonyl (C=O) groups excluding carboxylic acids is 3. The number of aryl methyl sites for hydroxylation is 2. The van der Waals surface area contributed by atoms with Crippen LogP contribution in [0.25, 0.3) is 21.9 Å². The molecule has 5 fully saturated rings. The molecule has 1 saturated carbocycles. The zero-order valence-corrected chi connectivity index (χ0v) is 36.0. The van der Waals surface area contributed by atoms with Crippen LogP contribution in [-0.2, 0) is 34.0 Å². The van der Waals surface area contributed by atoms with Crippen LogP contribution in [0.1, 0.15) is 104 Å². The molecule has 2 N–H and O–H groups in total. The number of aromatic nitrogens is 5. The van der Waals surface area contributed by atoms with Crippen molar-refractivity contribution >= 4 is 51.0 Å². The Morgan fingerprint density at radius 2 is 1.75 bits per heavy atom. The lowest BCUT2D eigenvalue weighted by Gasteiger charge is -2.36. The van der Waals surface area contributed by atoms with Gasteiger partial charge in [-0.1, -0.05) is 24.6 Å². The first-order valence-corrected chi connectivity index (χ1v) is 22.9.